The number of hydrogen-bond donors (Lipinski definition) is 2. The van der Waals surface area contributed by atoms with Gasteiger partial charge in [0.15, 0.2) is 23.0 Å². The second-order valence-corrected chi connectivity index (χ2v) is 12.7. The molecule has 2 aliphatic rings. The number of ketones is 2. The van der Waals surface area contributed by atoms with Crippen molar-refractivity contribution >= 4 is 23.4 Å². The van der Waals surface area contributed by atoms with Crippen LogP contribution in [0.5, 0.6) is 0 Å². The first-order valence-electron chi connectivity index (χ1n) is 15.6. The van der Waals surface area contributed by atoms with Gasteiger partial charge in [-0.3, -0.25) is 24.1 Å². The number of benzene rings is 1. The number of Topliss-reactive ketones (excluding diaryl/α,β-unsaturated/α-hetero) is 2. The molecule has 1 saturated carbocycles. The molecule has 1 aliphatic heterocycles. The lowest BCUT2D eigenvalue weighted by atomic mass is 9.88. The van der Waals surface area contributed by atoms with E-state index in [0.717, 1.165) is 31.5 Å². The Labute approximate surface area is 254 Å². The number of rotatable bonds is 16. The van der Waals surface area contributed by atoms with Crippen LogP contribution in [-0.2, 0) is 32.1 Å². The Morgan fingerprint density at radius 2 is 1.72 bits per heavy atom. The van der Waals surface area contributed by atoms with E-state index in [1.807, 2.05) is 58.0 Å². The number of ether oxygens (including phenoxy) is 1. The highest BCUT2D eigenvalue weighted by molar-refractivity contribution is 5.98. The van der Waals surface area contributed by atoms with Gasteiger partial charge in [0.25, 0.3) is 5.91 Å². The number of amides is 2. The highest BCUT2D eigenvalue weighted by Crippen LogP contribution is 2.47. The molecule has 1 aliphatic carbocycles. The summed E-state index contributed by atoms with van der Waals surface area (Å²) in [5.41, 5.74) is 0.652. The predicted octanol–water partition coefficient (Wildman–Crippen LogP) is 3.73. The molecule has 2 aromatic rings. The highest BCUT2D eigenvalue weighted by Gasteiger charge is 2.48. The van der Waals surface area contributed by atoms with E-state index in [0.29, 0.717) is 44.8 Å². The highest BCUT2D eigenvalue weighted by atomic mass is 16.5. The first kappa shape index (κ1) is 32.5. The topological polar surface area (TPSA) is 131 Å². The van der Waals surface area contributed by atoms with Crippen molar-refractivity contribution < 1.29 is 28.4 Å². The van der Waals surface area contributed by atoms with Crippen LogP contribution in [-0.4, -0.2) is 71.8 Å². The standard InChI is InChI=1S/C33H46N4O6/c1-5-26(34-32(41)28-20-25(43-36-28)21-37-13-15-42-16-14-37)29(38)19-24(18-23-9-7-6-8-10-23)31(40)35-27(17-22(2)3)30(39)33(4)11-12-33/h6-10,20,22,24,26-27H,5,11-19,21H2,1-4H3,(H,34,41)(H,35,40)/t24-,26+,27+/m1/s1. The van der Waals surface area contributed by atoms with Crippen molar-refractivity contribution in [2.24, 2.45) is 17.3 Å². The van der Waals surface area contributed by atoms with Crippen molar-refractivity contribution in [2.75, 3.05) is 26.3 Å². The molecule has 1 saturated heterocycles. The van der Waals surface area contributed by atoms with Crippen molar-refractivity contribution in [1.82, 2.24) is 20.7 Å². The van der Waals surface area contributed by atoms with Gasteiger partial charge < -0.3 is 19.9 Å². The van der Waals surface area contributed by atoms with E-state index in [1.165, 1.54) is 0 Å². The van der Waals surface area contributed by atoms with Gasteiger partial charge in [0.2, 0.25) is 5.91 Å². The minimum absolute atomic E-state index is 0.0682. The Hall–Kier alpha value is -3.37. The van der Waals surface area contributed by atoms with Crippen molar-refractivity contribution in [1.29, 1.82) is 0 Å². The second-order valence-electron chi connectivity index (χ2n) is 12.7. The average molecular weight is 595 g/mol. The molecule has 3 atom stereocenters. The Bertz CT molecular complexity index is 1250. The molecule has 2 amide bonds. The van der Waals surface area contributed by atoms with Gasteiger partial charge in [-0.25, -0.2) is 0 Å². The van der Waals surface area contributed by atoms with E-state index in [-0.39, 0.29) is 40.9 Å². The molecule has 43 heavy (non-hydrogen) atoms. The van der Waals surface area contributed by atoms with Gasteiger partial charge >= 0.3 is 0 Å². The quantitative estimate of drug-likeness (QED) is 0.301. The van der Waals surface area contributed by atoms with E-state index < -0.39 is 23.9 Å². The summed E-state index contributed by atoms with van der Waals surface area (Å²) < 4.78 is 10.8. The molecule has 1 aromatic heterocycles. The first-order valence-corrected chi connectivity index (χ1v) is 15.6. The Morgan fingerprint density at radius 1 is 1.02 bits per heavy atom. The number of morpholine rings is 1. The molecule has 1 aromatic carbocycles. The summed E-state index contributed by atoms with van der Waals surface area (Å²) >= 11 is 0. The third-order valence-electron chi connectivity index (χ3n) is 8.46. The summed E-state index contributed by atoms with van der Waals surface area (Å²) in [6, 6.07) is 9.74. The summed E-state index contributed by atoms with van der Waals surface area (Å²) in [5.74, 6) is -0.897. The summed E-state index contributed by atoms with van der Waals surface area (Å²) in [4.78, 5) is 55.7. The molecule has 2 heterocycles. The lowest BCUT2D eigenvalue weighted by Crippen LogP contribution is -2.48. The third kappa shape index (κ3) is 9.31. The molecule has 234 valence electrons. The number of nitrogens with one attached hydrogen (secondary N) is 2. The summed E-state index contributed by atoms with van der Waals surface area (Å²) in [6.45, 7) is 11.2. The molecule has 0 bridgehead atoms. The molecule has 2 fully saturated rings. The van der Waals surface area contributed by atoms with Crippen molar-refractivity contribution in [3.05, 3.63) is 53.4 Å². The van der Waals surface area contributed by atoms with Crippen LogP contribution in [0.3, 0.4) is 0 Å². The molecular formula is C33H46N4O6. The fraction of sp³-hybridized carbons (Fsp3) is 0.606. The van der Waals surface area contributed by atoms with Crippen LogP contribution in [0.15, 0.2) is 40.9 Å². The molecule has 0 radical (unpaired) electrons. The summed E-state index contributed by atoms with van der Waals surface area (Å²) in [5, 5.41) is 9.73. The SMILES string of the molecule is CC[C@H](NC(=O)c1cc(CN2CCOCC2)on1)C(=O)C[C@@H](Cc1ccccc1)C(=O)N[C@@H](CC(C)C)C(=O)C1(C)CC1. The maximum Gasteiger partial charge on any atom is 0.274 e. The zero-order chi connectivity index (χ0) is 31.0. The van der Waals surface area contributed by atoms with Crippen LogP contribution in [0.2, 0.25) is 0 Å². The molecule has 0 spiro atoms. The van der Waals surface area contributed by atoms with Crippen molar-refractivity contribution in [3.8, 4) is 0 Å². The molecular weight excluding hydrogens is 548 g/mol. The lowest BCUT2D eigenvalue weighted by molar-refractivity contribution is -0.134. The van der Waals surface area contributed by atoms with Crippen LogP contribution in [0.4, 0.5) is 0 Å². The second kappa shape index (κ2) is 14.9. The van der Waals surface area contributed by atoms with E-state index in [4.69, 9.17) is 9.26 Å². The zero-order valence-electron chi connectivity index (χ0n) is 25.9. The first-order chi connectivity index (χ1) is 20.6. The van der Waals surface area contributed by atoms with E-state index in [2.05, 4.69) is 20.7 Å². The minimum atomic E-state index is -0.795. The molecule has 4 rings (SSSR count). The largest absolute Gasteiger partial charge is 0.379 e. The van der Waals surface area contributed by atoms with Gasteiger partial charge in [-0.15, -0.1) is 0 Å². The molecule has 0 unspecified atom stereocenters. The fourth-order valence-corrected chi connectivity index (χ4v) is 5.50. The molecule has 10 nitrogen and oxygen atoms in total. The van der Waals surface area contributed by atoms with Gasteiger partial charge in [0.05, 0.1) is 31.8 Å². The van der Waals surface area contributed by atoms with Crippen LogP contribution in [0.25, 0.3) is 0 Å². The average Bonchev–Trinajstić information content (AvgIpc) is 3.57. The van der Waals surface area contributed by atoms with E-state index >= 15 is 0 Å². The normalized spacial score (nSPS) is 18.4. The third-order valence-corrected chi connectivity index (χ3v) is 8.46. The fourth-order valence-electron chi connectivity index (χ4n) is 5.50. The van der Waals surface area contributed by atoms with Crippen LogP contribution in [0.1, 0.15) is 81.6 Å². The predicted molar refractivity (Wildman–Crippen MR) is 161 cm³/mol. The van der Waals surface area contributed by atoms with E-state index in [1.54, 1.807) is 6.07 Å². The van der Waals surface area contributed by atoms with Crippen molar-refractivity contribution in [3.63, 3.8) is 0 Å². The van der Waals surface area contributed by atoms with Crippen LogP contribution in [0, 0.1) is 17.3 Å². The van der Waals surface area contributed by atoms with Crippen LogP contribution >= 0.6 is 0 Å². The zero-order valence-corrected chi connectivity index (χ0v) is 25.9. The Kier molecular flexibility index (Phi) is 11.3. The number of aromatic nitrogens is 1. The summed E-state index contributed by atoms with van der Waals surface area (Å²) in [6.07, 6.45) is 2.85. The maximum absolute atomic E-state index is 13.7. The van der Waals surface area contributed by atoms with Gasteiger partial charge in [-0.1, -0.05) is 63.2 Å². The van der Waals surface area contributed by atoms with Gasteiger partial charge in [0.1, 0.15) is 0 Å². The van der Waals surface area contributed by atoms with E-state index in [9.17, 15) is 19.2 Å². The minimum Gasteiger partial charge on any atom is -0.379 e. The number of carbonyl (C=O) groups excluding carboxylic acids is 4. The monoisotopic (exact) mass is 594 g/mol. The number of nitrogens with zero attached hydrogens (tertiary/aromatic N) is 2. The lowest BCUT2D eigenvalue weighted by Gasteiger charge is -2.26. The molecule has 10 heteroatoms. The number of hydrogen-bond acceptors (Lipinski definition) is 8. The van der Waals surface area contributed by atoms with Gasteiger partial charge in [-0.05, 0) is 43.6 Å². The van der Waals surface area contributed by atoms with Crippen LogP contribution < -0.4 is 10.6 Å². The Balaban J connectivity index is 1.42. The maximum atomic E-state index is 13.7. The summed E-state index contributed by atoms with van der Waals surface area (Å²) in [7, 11) is 0. The van der Waals surface area contributed by atoms with Gasteiger partial charge in [0, 0.05) is 36.9 Å². The smallest absolute Gasteiger partial charge is 0.274 e. The number of carbonyl (C=O) groups is 4. The van der Waals surface area contributed by atoms with Crippen molar-refractivity contribution in [2.45, 2.75) is 84.8 Å². The Morgan fingerprint density at radius 3 is 2.35 bits per heavy atom. The van der Waals surface area contributed by atoms with Gasteiger partial charge in [-0.2, -0.15) is 0 Å². The molecule has 2 N–H and O–H groups in total.